The number of hydrogen-bond donors (Lipinski definition) is 1. The lowest BCUT2D eigenvalue weighted by molar-refractivity contribution is -0.114. The highest BCUT2D eigenvalue weighted by Crippen LogP contribution is 2.32. The van der Waals surface area contributed by atoms with E-state index in [2.05, 4.69) is 26.2 Å². The monoisotopic (exact) mass is 403 g/mol. The summed E-state index contributed by atoms with van der Waals surface area (Å²) in [6, 6.07) is 13.2. The van der Waals surface area contributed by atoms with E-state index >= 15 is 0 Å². The van der Waals surface area contributed by atoms with E-state index < -0.39 is 0 Å². The van der Waals surface area contributed by atoms with Crippen LogP contribution in [0.1, 0.15) is 11.1 Å². The molecule has 0 aromatic heterocycles. The Bertz CT molecular complexity index is 876. The van der Waals surface area contributed by atoms with Gasteiger partial charge < -0.3 is 10.2 Å². The number of benzene rings is 2. The third-order valence-corrected chi connectivity index (χ3v) is 4.56. The van der Waals surface area contributed by atoms with Crippen molar-refractivity contribution in [3.8, 4) is 0 Å². The third-order valence-electron chi connectivity index (χ3n) is 3.74. The van der Waals surface area contributed by atoms with Gasteiger partial charge in [-0.15, -0.1) is 0 Å². The number of halogens is 2. The van der Waals surface area contributed by atoms with Gasteiger partial charge in [-0.1, -0.05) is 45.7 Å². The molecule has 122 valence electrons. The number of likely N-dealkylation sites (N-methyl/N-ethyl adjacent to an activating group) is 1. The van der Waals surface area contributed by atoms with Crippen LogP contribution in [0.15, 0.2) is 63.8 Å². The summed E-state index contributed by atoms with van der Waals surface area (Å²) < 4.78 is 0.905. The number of carbonyl (C=O) groups is 1. The van der Waals surface area contributed by atoms with Crippen molar-refractivity contribution >= 4 is 44.8 Å². The van der Waals surface area contributed by atoms with Gasteiger partial charge in [0.15, 0.2) is 0 Å². The molecule has 0 bridgehead atoms. The molecule has 0 unspecified atom stereocenters. The van der Waals surface area contributed by atoms with E-state index in [0.717, 1.165) is 21.3 Å². The molecule has 1 amide bonds. The minimum absolute atomic E-state index is 0.185. The largest absolute Gasteiger partial charge is 0.392 e. The molecule has 3 rings (SSSR count). The molecular weight excluding hydrogens is 390 g/mol. The maximum atomic E-state index is 12.7. The van der Waals surface area contributed by atoms with Crippen molar-refractivity contribution in [2.24, 2.45) is 4.99 Å². The summed E-state index contributed by atoms with van der Waals surface area (Å²) in [5, 5.41) is 3.47. The van der Waals surface area contributed by atoms with Crippen LogP contribution in [-0.2, 0) is 4.79 Å². The van der Waals surface area contributed by atoms with Crippen molar-refractivity contribution in [3.05, 3.63) is 75.0 Å². The van der Waals surface area contributed by atoms with Crippen molar-refractivity contribution in [3.63, 3.8) is 0 Å². The van der Waals surface area contributed by atoms with Crippen LogP contribution in [0.4, 0.5) is 5.69 Å². The summed E-state index contributed by atoms with van der Waals surface area (Å²) in [7, 11) is 3.48. The number of anilines is 1. The van der Waals surface area contributed by atoms with E-state index in [0.29, 0.717) is 16.4 Å². The van der Waals surface area contributed by atoms with E-state index in [4.69, 9.17) is 11.6 Å². The zero-order chi connectivity index (χ0) is 17.3. The number of rotatable bonds is 2. The molecule has 24 heavy (non-hydrogen) atoms. The van der Waals surface area contributed by atoms with Gasteiger partial charge in [0, 0.05) is 40.9 Å². The minimum atomic E-state index is -0.185. The van der Waals surface area contributed by atoms with Gasteiger partial charge in [0.2, 0.25) is 0 Å². The lowest BCUT2D eigenvalue weighted by Gasteiger charge is -2.18. The first kappa shape index (κ1) is 16.7. The van der Waals surface area contributed by atoms with Gasteiger partial charge in [0.1, 0.15) is 5.70 Å². The van der Waals surface area contributed by atoms with E-state index in [1.54, 1.807) is 25.2 Å². The summed E-state index contributed by atoms with van der Waals surface area (Å²) >= 11 is 9.89. The van der Waals surface area contributed by atoms with Crippen molar-refractivity contribution in [1.82, 2.24) is 5.32 Å². The molecule has 0 atom stereocenters. The van der Waals surface area contributed by atoms with Crippen molar-refractivity contribution < 1.29 is 4.79 Å². The summed E-state index contributed by atoms with van der Waals surface area (Å²) in [6.07, 6.45) is 1.59. The molecule has 4 nitrogen and oxygen atoms in total. The van der Waals surface area contributed by atoms with Gasteiger partial charge >= 0.3 is 0 Å². The zero-order valence-corrected chi connectivity index (χ0v) is 15.5. The molecule has 2 aromatic carbocycles. The molecule has 0 saturated carbocycles. The van der Waals surface area contributed by atoms with E-state index in [9.17, 15) is 4.79 Å². The molecular formula is C18H15BrClN3O. The standard InChI is InChI=1S/C18H15BrClN3O/c1-21-10-15-18(24)23(2)16-8-7-11(19)9-13(16)17(22-15)12-5-3-4-6-14(12)20/h3-10,21H,1-2H3. The summed E-state index contributed by atoms with van der Waals surface area (Å²) in [6.45, 7) is 0. The first-order valence-electron chi connectivity index (χ1n) is 7.32. The summed E-state index contributed by atoms with van der Waals surface area (Å²) in [5.41, 5.74) is 3.39. The van der Waals surface area contributed by atoms with Crippen LogP contribution in [0.3, 0.4) is 0 Å². The third kappa shape index (κ3) is 2.97. The first-order valence-corrected chi connectivity index (χ1v) is 8.49. The highest BCUT2D eigenvalue weighted by molar-refractivity contribution is 9.10. The Balaban J connectivity index is 2.34. The second-order valence-corrected chi connectivity index (χ2v) is 6.61. The van der Waals surface area contributed by atoms with Gasteiger partial charge in [-0.05, 0) is 24.3 Å². The molecule has 0 saturated heterocycles. The highest BCUT2D eigenvalue weighted by Gasteiger charge is 2.27. The molecule has 2 aromatic rings. The smallest absolute Gasteiger partial charge is 0.278 e. The Kier molecular flexibility index (Phi) is 4.73. The van der Waals surface area contributed by atoms with Gasteiger partial charge in [0.25, 0.3) is 5.91 Å². The zero-order valence-electron chi connectivity index (χ0n) is 13.2. The second kappa shape index (κ2) is 6.79. The number of carbonyl (C=O) groups excluding carboxylic acids is 1. The van der Waals surface area contributed by atoms with Crippen LogP contribution in [-0.4, -0.2) is 25.7 Å². The molecule has 6 heteroatoms. The quantitative estimate of drug-likeness (QED) is 0.770. The molecule has 0 radical (unpaired) electrons. The van der Waals surface area contributed by atoms with E-state index in [1.165, 1.54) is 0 Å². The fourth-order valence-corrected chi connectivity index (χ4v) is 3.18. The molecule has 0 aliphatic carbocycles. The maximum Gasteiger partial charge on any atom is 0.278 e. The Morgan fingerprint density at radius 1 is 1.21 bits per heavy atom. The Hall–Kier alpha value is -2.11. The molecule has 1 N–H and O–H groups in total. The molecule has 1 aliphatic rings. The fourth-order valence-electron chi connectivity index (χ4n) is 2.59. The van der Waals surface area contributed by atoms with Crippen LogP contribution in [0.2, 0.25) is 5.02 Å². The van der Waals surface area contributed by atoms with Crippen LogP contribution in [0.5, 0.6) is 0 Å². The summed E-state index contributed by atoms with van der Waals surface area (Å²) in [5.74, 6) is -0.185. The predicted molar refractivity (Wildman–Crippen MR) is 102 cm³/mol. The average Bonchev–Trinajstić information content (AvgIpc) is 2.66. The molecule has 0 spiro atoms. The summed E-state index contributed by atoms with van der Waals surface area (Å²) in [4.78, 5) is 18.9. The lowest BCUT2D eigenvalue weighted by Crippen LogP contribution is -2.27. The number of hydrogen-bond acceptors (Lipinski definition) is 3. The van der Waals surface area contributed by atoms with Crippen molar-refractivity contribution in [2.75, 3.05) is 19.0 Å². The Morgan fingerprint density at radius 3 is 2.67 bits per heavy atom. The van der Waals surface area contributed by atoms with Crippen LogP contribution in [0.25, 0.3) is 0 Å². The fraction of sp³-hybridized carbons (Fsp3) is 0.111. The number of amides is 1. The Morgan fingerprint density at radius 2 is 1.96 bits per heavy atom. The first-order chi connectivity index (χ1) is 11.5. The molecule has 0 fully saturated rings. The number of fused-ring (bicyclic) bond motifs is 1. The highest BCUT2D eigenvalue weighted by atomic mass is 79.9. The van der Waals surface area contributed by atoms with E-state index in [1.807, 2.05) is 42.5 Å². The van der Waals surface area contributed by atoms with Gasteiger partial charge in [-0.2, -0.15) is 0 Å². The topological polar surface area (TPSA) is 44.7 Å². The van der Waals surface area contributed by atoms with Crippen LogP contribution in [0, 0.1) is 0 Å². The number of nitrogens with one attached hydrogen (secondary N) is 1. The minimum Gasteiger partial charge on any atom is -0.392 e. The van der Waals surface area contributed by atoms with Gasteiger partial charge in [-0.25, -0.2) is 4.99 Å². The number of benzodiazepines with no additional fused rings is 1. The van der Waals surface area contributed by atoms with Gasteiger partial charge in [-0.3, -0.25) is 4.79 Å². The molecule has 1 heterocycles. The molecule has 1 aliphatic heterocycles. The predicted octanol–water partition coefficient (Wildman–Crippen LogP) is 3.98. The van der Waals surface area contributed by atoms with Crippen LogP contribution >= 0.6 is 27.5 Å². The number of nitrogens with zero attached hydrogens (tertiary/aromatic N) is 2. The van der Waals surface area contributed by atoms with Crippen LogP contribution < -0.4 is 10.2 Å². The number of aliphatic imine (C=N–C) groups is 1. The normalized spacial score (nSPS) is 15.8. The average molecular weight is 405 g/mol. The Labute approximate surface area is 154 Å². The maximum absolute atomic E-state index is 12.7. The SMILES string of the molecule is CNC=C1N=C(c2ccccc2Cl)c2cc(Br)ccc2N(C)C1=O. The van der Waals surface area contributed by atoms with Crippen molar-refractivity contribution in [2.45, 2.75) is 0 Å². The van der Waals surface area contributed by atoms with Gasteiger partial charge in [0.05, 0.1) is 11.4 Å². The van der Waals surface area contributed by atoms with E-state index in [-0.39, 0.29) is 5.91 Å². The lowest BCUT2D eigenvalue weighted by atomic mass is 10.0. The second-order valence-electron chi connectivity index (χ2n) is 5.28. The van der Waals surface area contributed by atoms with Crippen molar-refractivity contribution in [1.29, 1.82) is 0 Å².